The molecule has 0 atom stereocenters. The molecule has 0 aliphatic carbocycles. The number of ether oxygens (including phenoxy) is 1. The highest BCUT2D eigenvalue weighted by atomic mass is 16.5. The van der Waals surface area contributed by atoms with E-state index in [0.717, 1.165) is 45.2 Å². The van der Waals surface area contributed by atoms with Gasteiger partial charge in [-0.25, -0.2) is 4.98 Å². The van der Waals surface area contributed by atoms with E-state index in [-0.39, 0.29) is 12.1 Å². The summed E-state index contributed by atoms with van der Waals surface area (Å²) < 4.78 is 13.3. The molecule has 0 radical (unpaired) electrons. The Labute approximate surface area is 318 Å². The molecule has 0 saturated heterocycles. The van der Waals surface area contributed by atoms with E-state index < -0.39 is 0 Å². The van der Waals surface area contributed by atoms with Gasteiger partial charge in [0.25, 0.3) is 0 Å². The van der Waals surface area contributed by atoms with Crippen LogP contribution in [0.2, 0.25) is 0 Å². The Bertz CT molecular complexity index is 2750. The average Bonchev–Trinajstić information content (AvgIpc) is 3.67. The van der Waals surface area contributed by atoms with E-state index in [9.17, 15) is 0 Å². The van der Waals surface area contributed by atoms with Gasteiger partial charge in [0.2, 0.25) is 6.71 Å². The summed E-state index contributed by atoms with van der Waals surface area (Å²) >= 11 is 0. The lowest BCUT2D eigenvalue weighted by molar-refractivity contribution is -0.662. The largest absolute Gasteiger partial charge is 0.458 e. The van der Waals surface area contributed by atoms with E-state index in [4.69, 9.17) is 9.72 Å². The van der Waals surface area contributed by atoms with E-state index in [2.05, 4.69) is 190 Å². The number of fused-ring (bicyclic) bond motifs is 5. The first kappa shape index (κ1) is 33.7. The highest BCUT2D eigenvalue weighted by Gasteiger charge is 2.38. The molecule has 266 valence electrons. The molecule has 0 N–H and O–H groups in total. The van der Waals surface area contributed by atoms with Gasteiger partial charge in [-0.1, -0.05) is 104 Å². The number of imidazole rings is 1. The van der Waals surface area contributed by atoms with Crippen LogP contribution in [0, 0.1) is 27.1 Å². The van der Waals surface area contributed by atoms with Crippen molar-refractivity contribution >= 4 is 56.5 Å². The number of aryl methyl sites for hydroxylation is 4. The molecule has 0 bridgehead atoms. The van der Waals surface area contributed by atoms with Crippen LogP contribution in [0.1, 0.15) is 43.0 Å². The zero-order valence-corrected chi connectivity index (χ0v) is 32.3. The Hall–Kier alpha value is -6.08. The highest BCUT2D eigenvalue weighted by molar-refractivity contribution is 6.97. The second kappa shape index (κ2) is 12.5. The summed E-state index contributed by atoms with van der Waals surface area (Å²) in [7, 11) is 4.25. The van der Waals surface area contributed by atoms with E-state index >= 15 is 0 Å². The van der Waals surface area contributed by atoms with Gasteiger partial charge in [0.1, 0.15) is 23.1 Å². The second-order valence-corrected chi connectivity index (χ2v) is 15.9. The number of hydrogen-bond acceptors (Lipinski definition) is 3. The van der Waals surface area contributed by atoms with Crippen molar-refractivity contribution < 1.29 is 9.30 Å². The summed E-state index contributed by atoms with van der Waals surface area (Å²) in [6.45, 7) is 13.4. The van der Waals surface area contributed by atoms with Crippen LogP contribution in [0.25, 0.3) is 33.3 Å². The zero-order valence-electron chi connectivity index (χ0n) is 32.3. The molecular formula is C47H44BN5O. The standard InChI is InChI=1S/C47H44BN5O/c1-30-24-31(2)44(32(3)25-30)48-39-17-10-12-19-41(39)51(8)46-45(48)52(29-50(46)7)34-14-13-15-35(27-34)54-36-20-21-38-37-16-9-11-18-40(37)53(42(38)28-36)43-26-33(22-23-49-43)47(4,5)6/h9-28H,1-8H3. The Kier molecular flexibility index (Phi) is 7.82. The number of rotatable bonds is 5. The Balaban J connectivity index is 1.16. The molecular weight excluding hydrogens is 661 g/mol. The summed E-state index contributed by atoms with van der Waals surface area (Å²) in [5, 5.41) is 2.35. The van der Waals surface area contributed by atoms with Crippen molar-refractivity contribution in [3.05, 3.63) is 150 Å². The summed E-state index contributed by atoms with van der Waals surface area (Å²) in [6, 6.07) is 41.0. The van der Waals surface area contributed by atoms with Gasteiger partial charge >= 0.3 is 0 Å². The minimum Gasteiger partial charge on any atom is -0.458 e. The van der Waals surface area contributed by atoms with Crippen molar-refractivity contribution in [1.29, 1.82) is 0 Å². The van der Waals surface area contributed by atoms with Gasteiger partial charge in [-0.05, 0) is 85.7 Å². The number of hydrogen-bond donors (Lipinski definition) is 0. The molecule has 1 aliphatic rings. The first-order valence-corrected chi connectivity index (χ1v) is 18.7. The number of pyridine rings is 1. The maximum Gasteiger partial charge on any atom is 0.230 e. The van der Waals surface area contributed by atoms with Crippen LogP contribution in [0.5, 0.6) is 11.5 Å². The molecule has 0 fully saturated rings. The smallest absolute Gasteiger partial charge is 0.230 e. The van der Waals surface area contributed by atoms with Gasteiger partial charge in [-0.15, -0.1) is 0 Å². The van der Waals surface area contributed by atoms with Gasteiger partial charge in [0.05, 0.1) is 16.7 Å². The molecule has 54 heavy (non-hydrogen) atoms. The highest BCUT2D eigenvalue weighted by Crippen LogP contribution is 2.36. The first-order valence-electron chi connectivity index (χ1n) is 18.7. The monoisotopic (exact) mass is 705 g/mol. The fraction of sp³-hybridized carbons (Fsp3) is 0.191. The predicted molar refractivity (Wildman–Crippen MR) is 223 cm³/mol. The lowest BCUT2D eigenvalue weighted by atomic mass is 9.35. The fourth-order valence-electron chi connectivity index (χ4n) is 8.70. The molecule has 0 amide bonds. The van der Waals surface area contributed by atoms with Crippen LogP contribution in [-0.4, -0.2) is 27.9 Å². The van der Waals surface area contributed by atoms with Crippen LogP contribution < -0.4 is 30.7 Å². The summed E-state index contributed by atoms with van der Waals surface area (Å²) in [4.78, 5) is 7.16. The first-order chi connectivity index (χ1) is 26.0. The van der Waals surface area contributed by atoms with E-state index in [1.54, 1.807) is 0 Å². The van der Waals surface area contributed by atoms with Gasteiger partial charge in [0, 0.05) is 48.4 Å². The minimum absolute atomic E-state index is 0.000206. The minimum atomic E-state index is -0.000206. The fourth-order valence-corrected chi connectivity index (χ4v) is 8.70. The zero-order chi connectivity index (χ0) is 37.5. The third kappa shape index (κ3) is 5.41. The van der Waals surface area contributed by atoms with Crippen LogP contribution in [0.15, 0.2) is 121 Å². The SMILES string of the molecule is Cc1cc(C)c(B2c3ccccc3N(C)c3c2n(-c2cccc(Oc4ccc5c6ccccc6n(-c6cc(C(C)(C)C)ccn6)c5c4)c2)[c-][n+]3C)c(C)c1. The van der Waals surface area contributed by atoms with Gasteiger partial charge in [-0.3, -0.25) is 4.57 Å². The molecule has 3 aromatic heterocycles. The van der Waals surface area contributed by atoms with E-state index in [1.807, 2.05) is 12.3 Å². The van der Waals surface area contributed by atoms with Gasteiger partial charge in [-0.2, -0.15) is 0 Å². The van der Waals surface area contributed by atoms with Crippen molar-refractivity contribution in [2.75, 3.05) is 11.9 Å². The predicted octanol–water partition coefficient (Wildman–Crippen LogP) is 8.21. The molecule has 1 aliphatic heterocycles. The topological polar surface area (TPSA) is 39.1 Å². The molecule has 7 heteroatoms. The maximum absolute atomic E-state index is 6.73. The quantitative estimate of drug-likeness (QED) is 0.103. The number of aromatic nitrogens is 4. The lowest BCUT2D eigenvalue weighted by Crippen LogP contribution is -2.61. The molecule has 0 unspecified atom stereocenters. The number of benzene rings is 5. The van der Waals surface area contributed by atoms with Crippen molar-refractivity contribution in [2.45, 2.75) is 47.0 Å². The molecule has 8 aromatic rings. The van der Waals surface area contributed by atoms with Crippen LogP contribution >= 0.6 is 0 Å². The molecule has 5 aromatic carbocycles. The van der Waals surface area contributed by atoms with E-state index in [1.165, 1.54) is 49.8 Å². The summed E-state index contributed by atoms with van der Waals surface area (Å²) in [6.07, 6.45) is 5.60. The van der Waals surface area contributed by atoms with Crippen molar-refractivity contribution in [2.24, 2.45) is 7.05 Å². The molecule has 0 spiro atoms. The van der Waals surface area contributed by atoms with Crippen LogP contribution in [0.3, 0.4) is 0 Å². The van der Waals surface area contributed by atoms with E-state index in [0.29, 0.717) is 0 Å². The third-order valence-electron chi connectivity index (χ3n) is 11.1. The number of para-hydroxylation sites is 2. The second-order valence-electron chi connectivity index (χ2n) is 15.9. The molecule has 0 saturated carbocycles. The van der Waals surface area contributed by atoms with Crippen molar-refractivity contribution in [1.82, 2.24) is 14.1 Å². The van der Waals surface area contributed by atoms with Crippen LogP contribution in [0.4, 0.5) is 11.5 Å². The molecule has 4 heterocycles. The average molecular weight is 706 g/mol. The Morgan fingerprint density at radius 2 is 1.46 bits per heavy atom. The number of nitrogens with zero attached hydrogens (tertiary/aromatic N) is 5. The Morgan fingerprint density at radius 3 is 2.26 bits per heavy atom. The molecule has 9 rings (SSSR count). The normalized spacial score (nSPS) is 12.7. The van der Waals surface area contributed by atoms with Crippen molar-refractivity contribution in [3.63, 3.8) is 0 Å². The lowest BCUT2D eigenvalue weighted by Gasteiger charge is -2.34. The molecule has 6 nitrogen and oxygen atoms in total. The van der Waals surface area contributed by atoms with Crippen LogP contribution in [-0.2, 0) is 12.5 Å². The van der Waals surface area contributed by atoms with Gasteiger partial charge < -0.3 is 18.8 Å². The Morgan fingerprint density at radius 1 is 0.741 bits per heavy atom. The number of anilines is 2. The van der Waals surface area contributed by atoms with Crippen molar-refractivity contribution in [3.8, 4) is 23.0 Å². The maximum atomic E-state index is 6.73. The summed E-state index contributed by atoms with van der Waals surface area (Å²) in [5.41, 5.74) is 13.3. The summed E-state index contributed by atoms with van der Waals surface area (Å²) in [5.74, 6) is 3.53. The van der Waals surface area contributed by atoms with Gasteiger partial charge in [0.15, 0.2) is 6.33 Å². The third-order valence-corrected chi connectivity index (χ3v) is 11.1.